The molecule has 174 valence electrons. The highest BCUT2D eigenvalue weighted by Gasteiger charge is 2.34. The number of nitrogens with one attached hydrogen (secondary N) is 2. The van der Waals surface area contributed by atoms with Gasteiger partial charge in [-0.3, -0.25) is 4.79 Å². The SMILES string of the molecule is CC(C)[C@H](NC(=O)[C@@H]1CC[C@H](NC(=O)OCC2c3ccccc3-c3ccccc32)C1)C(=O)O. The Kier molecular flexibility index (Phi) is 6.67. The molecule has 2 amide bonds. The van der Waals surface area contributed by atoms with E-state index in [2.05, 4.69) is 34.9 Å². The van der Waals surface area contributed by atoms with Crippen molar-refractivity contribution in [2.45, 2.75) is 51.1 Å². The third-order valence-corrected chi connectivity index (χ3v) is 6.70. The standard InChI is InChI=1S/C26H30N2O5/c1-15(2)23(25(30)31)28-24(29)16-11-12-17(13-16)27-26(32)33-14-22-20-9-5-3-7-18(20)19-8-4-6-10-21(19)22/h3-10,15-17,22-23H,11-14H2,1-2H3,(H,27,32)(H,28,29)(H,30,31)/t16-,17+,23+/m1/s1. The van der Waals surface area contributed by atoms with Gasteiger partial charge in [-0.15, -0.1) is 0 Å². The summed E-state index contributed by atoms with van der Waals surface area (Å²) in [4.78, 5) is 36.4. The Morgan fingerprint density at radius 3 is 2.18 bits per heavy atom. The molecule has 0 saturated heterocycles. The number of carbonyl (C=O) groups excluding carboxylic acids is 2. The number of amides is 2. The van der Waals surface area contributed by atoms with Crippen LogP contribution in [0.3, 0.4) is 0 Å². The fourth-order valence-electron chi connectivity index (χ4n) is 4.94. The van der Waals surface area contributed by atoms with Crippen molar-refractivity contribution >= 4 is 18.0 Å². The predicted octanol–water partition coefficient (Wildman–Crippen LogP) is 3.92. The Morgan fingerprint density at radius 2 is 1.61 bits per heavy atom. The van der Waals surface area contributed by atoms with Gasteiger partial charge in [0.2, 0.25) is 5.91 Å². The summed E-state index contributed by atoms with van der Waals surface area (Å²) in [6.45, 7) is 3.76. The minimum absolute atomic E-state index is 0.00533. The molecule has 0 unspecified atom stereocenters. The molecule has 3 atom stereocenters. The molecular weight excluding hydrogens is 420 g/mol. The van der Waals surface area contributed by atoms with Gasteiger partial charge in [-0.1, -0.05) is 62.4 Å². The van der Waals surface area contributed by atoms with Crippen molar-refractivity contribution < 1.29 is 24.2 Å². The summed E-state index contributed by atoms with van der Waals surface area (Å²) in [5.41, 5.74) is 4.66. The molecule has 2 aromatic rings. The smallest absolute Gasteiger partial charge is 0.407 e. The average molecular weight is 451 g/mol. The number of alkyl carbamates (subject to hydrolysis) is 1. The van der Waals surface area contributed by atoms with E-state index in [9.17, 15) is 19.5 Å². The van der Waals surface area contributed by atoms with Gasteiger partial charge in [0.25, 0.3) is 0 Å². The third kappa shape index (κ3) is 4.87. The van der Waals surface area contributed by atoms with E-state index in [0.29, 0.717) is 19.3 Å². The van der Waals surface area contributed by atoms with Crippen LogP contribution in [0.1, 0.15) is 50.2 Å². The second-order valence-corrected chi connectivity index (χ2v) is 9.25. The lowest BCUT2D eigenvalue weighted by molar-refractivity contribution is -0.143. The largest absolute Gasteiger partial charge is 0.480 e. The maximum absolute atomic E-state index is 12.5. The topological polar surface area (TPSA) is 105 Å². The molecule has 33 heavy (non-hydrogen) atoms. The zero-order chi connectivity index (χ0) is 23.5. The molecule has 7 heteroatoms. The lowest BCUT2D eigenvalue weighted by atomic mass is 9.98. The van der Waals surface area contributed by atoms with Crippen LogP contribution in [-0.2, 0) is 14.3 Å². The summed E-state index contributed by atoms with van der Waals surface area (Å²) in [6.07, 6.45) is 1.24. The van der Waals surface area contributed by atoms with Gasteiger partial charge < -0.3 is 20.5 Å². The van der Waals surface area contributed by atoms with Crippen molar-refractivity contribution in [3.8, 4) is 11.1 Å². The number of hydrogen-bond donors (Lipinski definition) is 3. The molecule has 2 aliphatic carbocycles. The molecule has 0 heterocycles. The number of rotatable bonds is 7. The Morgan fingerprint density at radius 1 is 1.00 bits per heavy atom. The molecule has 2 aromatic carbocycles. The predicted molar refractivity (Wildman–Crippen MR) is 124 cm³/mol. The van der Waals surface area contributed by atoms with Crippen LogP contribution >= 0.6 is 0 Å². The molecule has 3 N–H and O–H groups in total. The molecule has 0 aliphatic heterocycles. The van der Waals surface area contributed by atoms with Gasteiger partial charge in [0.1, 0.15) is 12.6 Å². The second kappa shape index (κ2) is 9.65. The first kappa shape index (κ1) is 22.8. The second-order valence-electron chi connectivity index (χ2n) is 9.25. The van der Waals surface area contributed by atoms with Crippen LogP contribution in [0.15, 0.2) is 48.5 Å². The van der Waals surface area contributed by atoms with E-state index in [1.54, 1.807) is 13.8 Å². The quantitative estimate of drug-likeness (QED) is 0.593. The Labute approximate surface area is 193 Å². The maximum Gasteiger partial charge on any atom is 0.407 e. The molecule has 7 nitrogen and oxygen atoms in total. The number of carboxylic acid groups (broad SMARTS) is 1. The first-order chi connectivity index (χ1) is 15.8. The van der Waals surface area contributed by atoms with Gasteiger partial charge in [0.15, 0.2) is 0 Å². The van der Waals surface area contributed by atoms with Crippen LogP contribution in [-0.4, -0.2) is 41.8 Å². The van der Waals surface area contributed by atoms with Crippen LogP contribution in [0.2, 0.25) is 0 Å². The normalized spacial score (nSPS) is 20.1. The van der Waals surface area contributed by atoms with Crippen molar-refractivity contribution in [1.82, 2.24) is 10.6 Å². The number of ether oxygens (including phenoxy) is 1. The molecular formula is C26H30N2O5. The Hall–Kier alpha value is -3.35. The number of benzene rings is 2. The van der Waals surface area contributed by atoms with Crippen molar-refractivity contribution in [2.75, 3.05) is 6.61 Å². The molecule has 0 radical (unpaired) electrons. The molecule has 4 rings (SSSR count). The molecule has 0 aromatic heterocycles. The minimum Gasteiger partial charge on any atom is -0.480 e. The molecule has 1 saturated carbocycles. The average Bonchev–Trinajstić information content (AvgIpc) is 3.38. The van der Waals surface area contributed by atoms with E-state index in [0.717, 1.165) is 11.1 Å². The van der Waals surface area contributed by atoms with Crippen LogP contribution < -0.4 is 10.6 Å². The molecule has 0 bridgehead atoms. The molecule has 1 fully saturated rings. The summed E-state index contributed by atoms with van der Waals surface area (Å²) in [7, 11) is 0. The third-order valence-electron chi connectivity index (χ3n) is 6.70. The van der Waals surface area contributed by atoms with Crippen LogP contribution in [0.25, 0.3) is 11.1 Å². The highest BCUT2D eigenvalue weighted by Crippen LogP contribution is 2.44. The van der Waals surface area contributed by atoms with Gasteiger partial charge in [0, 0.05) is 17.9 Å². The van der Waals surface area contributed by atoms with E-state index >= 15 is 0 Å². The van der Waals surface area contributed by atoms with E-state index < -0.39 is 18.1 Å². The van der Waals surface area contributed by atoms with Gasteiger partial charge in [-0.25, -0.2) is 9.59 Å². The molecule has 0 spiro atoms. The van der Waals surface area contributed by atoms with Gasteiger partial charge in [-0.05, 0) is 47.4 Å². The fraction of sp³-hybridized carbons (Fsp3) is 0.423. The van der Waals surface area contributed by atoms with Gasteiger partial charge >= 0.3 is 12.1 Å². The van der Waals surface area contributed by atoms with Crippen LogP contribution in [0.4, 0.5) is 4.79 Å². The number of fused-ring (bicyclic) bond motifs is 3. The number of carboxylic acids is 1. The van der Waals surface area contributed by atoms with E-state index in [-0.39, 0.29) is 36.3 Å². The summed E-state index contributed by atoms with van der Waals surface area (Å²) in [5.74, 6) is -1.83. The Bertz CT molecular complexity index is 1000. The fourth-order valence-corrected chi connectivity index (χ4v) is 4.94. The van der Waals surface area contributed by atoms with Gasteiger partial charge in [-0.2, -0.15) is 0 Å². The van der Waals surface area contributed by atoms with Crippen molar-refractivity contribution in [2.24, 2.45) is 11.8 Å². The highest BCUT2D eigenvalue weighted by atomic mass is 16.5. The first-order valence-electron chi connectivity index (χ1n) is 11.5. The van der Waals surface area contributed by atoms with Gasteiger partial charge in [0.05, 0.1) is 0 Å². The van der Waals surface area contributed by atoms with E-state index in [1.807, 2.05) is 24.3 Å². The minimum atomic E-state index is -1.04. The van der Waals surface area contributed by atoms with E-state index in [4.69, 9.17) is 4.74 Å². The number of carbonyl (C=O) groups is 3. The molecule has 2 aliphatic rings. The first-order valence-corrected chi connectivity index (χ1v) is 11.5. The summed E-state index contributed by atoms with van der Waals surface area (Å²) < 4.78 is 5.60. The lowest BCUT2D eigenvalue weighted by Crippen LogP contribution is -2.46. The van der Waals surface area contributed by atoms with Crippen LogP contribution in [0, 0.1) is 11.8 Å². The highest BCUT2D eigenvalue weighted by molar-refractivity contribution is 5.85. The monoisotopic (exact) mass is 450 g/mol. The van der Waals surface area contributed by atoms with Crippen molar-refractivity contribution in [1.29, 1.82) is 0 Å². The number of aliphatic carboxylic acids is 1. The summed E-state index contributed by atoms with van der Waals surface area (Å²) in [6, 6.07) is 15.3. The lowest BCUT2D eigenvalue weighted by Gasteiger charge is -2.20. The zero-order valence-electron chi connectivity index (χ0n) is 18.9. The Balaban J connectivity index is 1.30. The zero-order valence-corrected chi connectivity index (χ0v) is 18.9. The maximum atomic E-state index is 12.5. The number of hydrogen-bond acceptors (Lipinski definition) is 4. The summed E-state index contributed by atoms with van der Waals surface area (Å²) in [5, 5.41) is 14.8. The van der Waals surface area contributed by atoms with Crippen molar-refractivity contribution in [3.63, 3.8) is 0 Å². The summed E-state index contributed by atoms with van der Waals surface area (Å²) >= 11 is 0. The van der Waals surface area contributed by atoms with Crippen LogP contribution in [0.5, 0.6) is 0 Å². The van der Waals surface area contributed by atoms with Crippen molar-refractivity contribution in [3.05, 3.63) is 59.7 Å². The van der Waals surface area contributed by atoms with E-state index in [1.165, 1.54) is 11.1 Å².